The van der Waals surface area contributed by atoms with Crippen LogP contribution in [0.15, 0.2) is 23.3 Å². The van der Waals surface area contributed by atoms with Gasteiger partial charge in [-0.25, -0.2) is 4.99 Å². The second-order valence-corrected chi connectivity index (χ2v) is 5.31. The molecular weight excluding hydrogens is 359 g/mol. The van der Waals surface area contributed by atoms with Crippen LogP contribution in [0.1, 0.15) is 11.3 Å². The van der Waals surface area contributed by atoms with Crippen molar-refractivity contribution < 1.29 is 0 Å². The number of halogens is 1. The molecule has 4 nitrogen and oxygen atoms in total. The van der Waals surface area contributed by atoms with E-state index in [1.54, 1.807) is 0 Å². The standard InChI is InChI=1S/C12H18N4S.HI/c1-10-2-3-11(8-14-10)9-15-12(13)16-4-6-17-7-5-16;/h2-3,8H,4-7,9H2,1H3,(H2,13,15);1H. The summed E-state index contributed by atoms with van der Waals surface area (Å²) in [4.78, 5) is 10.8. The summed E-state index contributed by atoms with van der Waals surface area (Å²) in [5, 5.41) is 0. The molecule has 18 heavy (non-hydrogen) atoms. The third kappa shape index (κ3) is 4.64. The van der Waals surface area contributed by atoms with Gasteiger partial charge in [0.15, 0.2) is 5.96 Å². The molecule has 1 saturated heterocycles. The molecule has 0 spiro atoms. The summed E-state index contributed by atoms with van der Waals surface area (Å²) in [6, 6.07) is 4.05. The van der Waals surface area contributed by atoms with Gasteiger partial charge >= 0.3 is 0 Å². The first-order valence-electron chi connectivity index (χ1n) is 5.80. The van der Waals surface area contributed by atoms with Gasteiger partial charge in [0.2, 0.25) is 0 Å². The summed E-state index contributed by atoms with van der Waals surface area (Å²) in [7, 11) is 0. The smallest absolute Gasteiger partial charge is 0.191 e. The highest BCUT2D eigenvalue weighted by atomic mass is 127. The molecule has 0 unspecified atom stereocenters. The number of rotatable bonds is 2. The van der Waals surface area contributed by atoms with E-state index in [1.807, 2.05) is 37.0 Å². The van der Waals surface area contributed by atoms with Crippen LogP contribution < -0.4 is 5.73 Å². The first-order chi connectivity index (χ1) is 8.25. The third-order valence-electron chi connectivity index (χ3n) is 2.73. The number of hydrogen-bond acceptors (Lipinski definition) is 3. The monoisotopic (exact) mass is 378 g/mol. The minimum absolute atomic E-state index is 0. The zero-order valence-corrected chi connectivity index (χ0v) is 13.6. The minimum atomic E-state index is 0. The molecule has 0 amide bonds. The highest BCUT2D eigenvalue weighted by Crippen LogP contribution is 2.09. The zero-order valence-electron chi connectivity index (χ0n) is 10.5. The molecule has 0 aliphatic carbocycles. The van der Waals surface area contributed by atoms with E-state index in [0.717, 1.165) is 35.9 Å². The predicted octanol–water partition coefficient (Wildman–Crippen LogP) is 1.87. The molecule has 1 aromatic rings. The lowest BCUT2D eigenvalue weighted by Gasteiger charge is -2.27. The number of pyridine rings is 1. The Morgan fingerprint density at radius 1 is 1.44 bits per heavy atom. The third-order valence-corrected chi connectivity index (χ3v) is 3.67. The number of nitrogens with two attached hydrogens (primary N) is 1. The van der Waals surface area contributed by atoms with Gasteiger partial charge in [0, 0.05) is 36.5 Å². The summed E-state index contributed by atoms with van der Waals surface area (Å²) in [5.41, 5.74) is 8.10. The Labute approximate surface area is 129 Å². The van der Waals surface area contributed by atoms with Gasteiger partial charge in [0.1, 0.15) is 0 Å². The van der Waals surface area contributed by atoms with Crippen molar-refractivity contribution in [2.24, 2.45) is 10.7 Å². The van der Waals surface area contributed by atoms with E-state index in [1.165, 1.54) is 0 Å². The van der Waals surface area contributed by atoms with Crippen LogP contribution in [0.4, 0.5) is 0 Å². The number of thioether (sulfide) groups is 1. The molecular formula is C12H19IN4S. The van der Waals surface area contributed by atoms with Gasteiger partial charge in [0.05, 0.1) is 6.54 Å². The van der Waals surface area contributed by atoms with Gasteiger partial charge in [-0.3, -0.25) is 4.98 Å². The van der Waals surface area contributed by atoms with Crippen LogP contribution >= 0.6 is 35.7 Å². The van der Waals surface area contributed by atoms with Crippen molar-refractivity contribution in [3.05, 3.63) is 29.6 Å². The summed E-state index contributed by atoms with van der Waals surface area (Å²) in [6.07, 6.45) is 1.86. The maximum atomic E-state index is 5.97. The molecule has 0 radical (unpaired) electrons. The Morgan fingerprint density at radius 3 is 2.78 bits per heavy atom. The van der Waals surface area contributed by atoms with E-state index >= 15 is 0 Å². The largest absolute Gasteiger partial charge is 0.370 e. The van der Waals surface area contributed by atoms with Crippen LogP contribution in [0.5, 0.6) is 0 Å². The Bertz CT molecular complexity index is 388. The highest BCUT2D eigenvalue weighted by molar-refractivity contribution is 14.0. The van der Waals surface area contributed by atoms with Crippen LogP contribution in [0.25, 0.3) is 0 Å². The van der Waals surface area contributed by atoms with Crippen LogP contribution in [0, 0.1) is 6.92 Å². The van der Waals surface area contributed by atoms with Crippen LogP contribution in [0.3, 0.4) is 0 Å². The molecule has 1 aromatic heterocycles. The number of guanidine groups is 1. The minimum Gasteiger partial charge on any atom is -0.370 e. The second kappa shape index (κ2) is 7.83. The van der Waals surface area contributed by atoms with E-state index in [0.29, 0.717) is 12.5 Å². The SMILES string of the molecule is Cc1ccc(CN=C(N)N2CCSCC2)cn1.I. The molecule has 100 valence electrons. The lowest BCUT2D eigenvalue weighted by Crippen LogP contribution is -2.42. The summed E-state index contributed by atoms with van der Waals surface area (Å²) < 4.78 is 0. The number of aliphatic imine (C=N–C) groups is 1. The summed E-state index contributed by atoms with van der Waals surface area (Å²) in [6.45, 7) is 4.61. The predicted molar refractivity (Wildman–Crippen MR) is 88.6 cm³/mol. The van der Waals surface area contributed by atoms with Crippen molar-refractivity contribution in [2.75, 3.05) is 24.6 Å². The summed E-state index contributed by atoms with van der Waals surface area (Å²) >= 11 is 1.97. The summed E-state index contributed by atoms with van der Waals surface area (Å²) in [5.74, 6) is 2.94. The Morgan fingerprint density at radius 2 is 2.17 bits per heavy atom. The molecule has 0 saturated carbocycles. The van der Waals surface area contributed by atoms with E-state index in [4.69, 9.17) is 5.73 Å². The molecule has 1 aliphatic heterocycles. The van der Waals surface area contributed by atoms with Gasteiger partial charge in [-0.15, -0.1) is 24.0 Å². The van der Waals surface area contributed by atoms with Gasteiger partial charge < -0.3 is 10.6 Å². The maximum Gasteiger partial charge on any atom is 0.191 e. The van der Waals surface area contributed by atoms with Gasteiger partial charge in [-0.2, -0.15) is 11.8 Å². The number of aromatic nitrogens is 1. The average molecular weight is 378 g/mol. The van der Waals surface area contributed by atoms with Crippen molar-refractivity contribution in [3.8, 4) is 0 Å². The zero-order chi connectivity index (χ0) is 12.1. The number of nitrogens with zero attached hydrogens (tertiary/aromatic N) is 3. The van der Waals surface area contributed by atoms with Crippen molar-refractivity contribution in [1.82, 2.24) is 9.88 Å². The van der Waals surface area contributed by atoms with Gasteiger partial charge in [0.25, 0.3) is 0 Å². The lowest BCUT2D eigenvalue weighted by molar-refractivity contribution is 0.455. The Kier molecular flexibility index (Phi) is 6.77. The quantitative estimate of drug-likeness (QED) is 0.485. The van der Waals surface area contributed by atoms with Crippen LogP contribution in [-0.2, 0) is 6.54 Å². The Hall–Kier alpha value is -0.500. The normalized spacial score (nSPS) is 16.3. The number of aryl methyl sites for hydroxylation is 1. The molecule has 2 heterocycles. The Balaban J connectivity index is 0.00000162. The molecule has 0 bridgehead atoms. The average Bonchev–Trinajstić information content (AvgIpc) is 2.39. The molecule has 2 rings (SSSR count). The topological polar surface area (TPSA) is 54.5 Å². The van der Waals surface area contributed by atoms with E-state index in [9.17, 15) is 0 Å². The van der Waals surface area contributed by atoms with Crippen molar-refractivity contribution in [3.63, 3.8) is 0 Å². The molecule has 6 heteroatoms. The fraction of sp³-hybridized carbons (Fsp3) is 0.500. The van der Waals surface area contributed by atoms with E-state index in [2.05, 4.69) is 14.9 Å². The molecule has 0 atom stereocenters. The van der Waals surface area contributed by atoms with Gasteiger partial charge in [-0.1, -0.05) is 6.07 Å². The molecule has 2 N–H and O–H groups in total. The van der Waals surface area contributed by atoms with Gasteiger partial charge in [-0.05, 0) is 18.6 Å². The molecule has 1 aliphatic rings. The van der Waals surface area contributed by atoms with Crippen molar-refractivity contribution >= 4 is 41.7 Å². The molecule has 0 aromatic carbocycles. The second-order valence-electron chi connectivity index (χ2n) is 4.08. The first-order valence-corrected chi connectivity index (χ1v) is 6.95. The fourth-order valence-electron chi connectivity index (χ4n) is 1.66. The van der Waals surface area contributed by atoms with E-state index < -0.39 is 0 Å². The number of hydrogen-bond donors (Lipinski definition) is 1. The van der Waals surface area contributed by atoms with Crippen molar-refractivity contribution in [2.45, 2.75) is 13.5 Å². The van der Waals surface area contributed by atoms with E-state index in [-0.39, 0.29) is 24.0 Å². The molecule has 1 fully saturated rings. The van der Waals surface area contributed by atoms with Crippen molar-refractivity contribution in [1.29, 1.82) is 0 Å². The highest BCUT2D eigenvalue weighted by Gasteiger charge is 2.11. The van der Waals surface area contributed by atoms with Crippen LogP contribution in [0.2, 0.25) is 0 Å². The first kappa shape index (κ1) is 15.6. The maximum absolute atomic E-state index is 5.97. The lowest BCUT2D eigenvalue weighted by atomic mass is 10.2. The van der Waals surface area contributed by atoms with Crippen LogP contribution in [-0.4, -0.2) is 40.4 Å². The fourth-order valence-corrected chi connectivity index (χ4v) is 2.56.